The number of anilines is 2. The van der Waals surface area contributed by atoms with Crippen LogP contribution < -0.4 is 9.21 Å². The molecule has 1 amide bonds. The molecule has 0 saturated carbocycles. The highest BCUT2D eigenvalue weighted by Gasteiger charge is 2.24. The minimum atomic E-state index is -3.76. The van der Waals surface area contributed by atoms with Crippen molar-refractivity contribution in [3.05, 3.63) is 109 Å². The first-order valence-corrected chi connectivity index (χ1v) is 12.8. The van der Waals surface area contributed by atoms with Crippen LogP contribution in [-0.2, 0) is 10.0 Å². The molecule has 0 fully saturated rings. The van der Waals surface area contributed by atoms with Gasteiger partial charge in [0.25, 0.3) is 15.9 Å². The quantitative estimate of drug-likeness (QED) is 0.308. The minimum Gasteiger partial charge on any atom is -0.280 e. The van der Waals surface area contributed by atoms with Crippen molar-refractivity contribution >= 4 is 38.1 Å². The van der Waals surface area contributed by atoms with Crippen LogP contribution in [0.2, 0.25) is 0 Å². The van der Waals surface area contributed by atoms with E-state index in [0.29, 0.717) is 16.4 Å². The number of thiazole rings is 1. The summed E-state index contributed by atoms with van der Waals surface area (Å²) >= 11 is 1.37. The third-order valence-electron chi connectivity index (χ3n) is 5.23. The number of amides is 1. The van der Waals surface area contributed by atoms with Crippen molar-refractivity contribution in [3.8, 4) is 11.3 Å². The van der Waals surface area contributed by atoms with E-state index < -0.39 is 10.0 Å². The molecule has 0 spiro atoms. The van der Waals surface area contributed by atoms with Gasteiger partial charge < -0.3 is 0 Å². The van der Waals surface area contributed by atoms with Gasteiger partial charge in [-0.05, 0) is 36.4 Å². The summed E-state index contributed by atoms with van der Waals surface area (Å²) in [7, 11) is -2.26. The van der Waals surface area contributed by atoms with E-state index in [0.717, 1.165) is 11.3 Å². The standard InChI is InChI=1S/C26H23N3O3S2/c1-3-18-29(26-27-24(19-33-26)20-10-6-4-7-11-20)25(30)21-14-16-23(17-15-21)34(31,32)28(2)22-12-8-5-9-13-22/h3-17,19H,1,18H2,2H3. The molecule has 0 aliphatic rings. The maximum absolute atomic E-state index is 13.3. The molecule has 3 aromatic carbocycles. The zero-order valence-electron chi connectivity index (χ0n) is 18.5. The maximum atomic E-state index is 13.3. The minimum absolute atomic E-state index is 0.103. The number of hydrogen-bond acceptors (Lipinski definition) is 5. The maximum Gasteiger partial charge on any atom is 0.264 e. The molecule has 4 aromatic rings. The summed E-state index contributed by atoms with van der Waals surface area (Å²) in [4.78, 5) is 19.5. The van der Waals surface area contributed by atoms with Gasteiger partial charge >= 0.3 is 0 Å². The number of carbonyl (C=O) groups excluding carboxylic acids is 1. The molecule has 0 saturated heterocycles. The van der Waals surface area contributed by atoms with Crippen LogP contribution in [0.4, 0.5) is 10.8 Å². The van der Waals surface area contributed by atoms with Gasteiger partial charge in [-0.1, -0.05) is 54.6 Å². The SMILES string of the molecule is C=CCN(C(=O)c1ccc(S(=O)(=O)N(C)c2ccccc2)cc1)c1nc(-c2ccccc2)cs1. The average Bonchev–Trinajstić information content (AvgIpc) is 3.37. The molecule has 172 valence electrons. The number of nitrogens with zero attached hydrogens (tertiary/aromatic N) is 3. The van der Waals surface area contributed by atoms with Crippen LogP contribution in [0.25, 0.3) is 11.3 Å². The van der Waals surface area contributed by atoms with E-state index in [1.54, 1.807) is 30.3 Å². The summed E-state index contributed by atoms with van der Waals surface area (Å²) in [5.74, 6) is -0.283. The van der Waals surface area contributed by atoms with Crippen LogP contribution in [0.3, 0.4) is 0 Å². The molecule has 0 N–H and O–H groups in total. The van der Waals surface area contributed by atoms with Crippen LogP contribution in [0.15, 0.2) is 108 Å². The Morgan fingerprint density at radius 2 is 1.59 bits per heavy atom. The molecule has 0 aliphatic heterocycles. The first-order valence-electron chi connectivity index (χ1n) is 10.5. The molecule has 0 aliphatic carbocycles. The fourth-order valence-electron chi connectivity index (χ4n) is 3.37. The van der Waals surface area contributed by atoms with Gasteiger partial charge in [0.05, 0.1) is 16.3 Å². The number of hydrogen-bond donors (Lipinski definition) is 0. The number of carbonyl (C=O) groups is 1. The van der Waals surface area contributed by atoms with Gasteiger partial charge in [0.15, 0.2) is 5.13 Å². The summed E-state index contributed by atoms with van der Waals surface area (Å²) in [6, 6.07) is 24.5. The number of sulfonamides is 1. The van der Waals surface area contributed by atoms with E-state index in [1.807, 2.05) is 41.8 Å². The van der Waals surface area contributed by atoms with Gasteiger partial charge in [0, 0.05) is 30.1 Å². The first kappa shape index (κ1) is 23.4. The lowest BCUT2D eigenvalue weighted by Gasteiger charge is -2.20. The van der Waals surface area contributed by atoms with E-state index in [9.17, 15) is 13.2 Å². The topological polar surface area (TPSA) is 70.6 Å². The number of aromatic nitrogens is 1. The predicted octanol–water partition coefficient (Wildman–Crippen LogP) is 5.47. The van der Waals surface area contributed by atoms with E-state index in [-0.39, 0.29) is 17.3 Å². The Morgan fingerprint density at radius 1 is 0.971 bits per heavy atom. The highest BCUT2D eigenvalue weighted by molar-refractivity contribution is 7.92. The van der Waals surface area contributed by atoms with Crippen molar-refractivity contribution in [1.29, 1.82) is 0 Å². The summed E-state index contributed by atoms with van der Waals surface area (Å²) in [5.41, 5.74) is 2.67. The molecule has 6 nitrogen and oxygen atoms in total. The number of rotatable bonds is 8. The van der Waals surface area contributed by atoms with Gasteiger partial charge in [0.1, 0.15) is 0 Å². The number of benzene rings is 3. The first-order chi connectivity index (χ1) is 16.4. The van der Waals surface area contributed by atoms with Crippen molar-refractivity contribution in [1.82, 2.24) is 4.98 Å². The Balaban J connectivity index is 1.58. The molecule has 0 unspecified atom stereocenters. The molecule has 0 bridgehead atoms. The molecule has 8 heteroatoms. The fourth-order valence-corrected chi connectivity index (χ4v) is 5.40. The number of para-hydroxylation sites is 1. The molecule has 4 rings (SSSR count). The zero-order chi connectivity index (χ0) is 24.1. The van der Waals surface area contributed by atoms with E-state index >= 15 is 0 Å². The molecular weight excluding hydrogens is 466 g/mol. The molecular formula is C26H23N3O3S2. The van der Waals surface area contributed by atoms with Gasteiger partial charge in [0.2, 0.25) is 0 Å². The third-order valence-corrected chi connectivity index (χ3v) is 7.89. The van der Waals surface area contributed by atoms with E-state index in [1.165, 1.54) is 51.9 Å². The van der Waals surface area contributed by atoms with Gasteiger partial charge in [-0.15, -0.1) is 17.9 Å². The smallest absolute Gasteiger partial charge is 0.264 e. The van der Waals surface area contributed by atoms with Crippen molar-refractivity contribution < 1.29 is 13.2 Å². The average molecular weight is 490 g/mol. The summed E-state index contributed by atoms with van der Waals surface area (Å²) in [6.07, 6.45) is 1.63. The Bertz CT molecular complexity index is 1380. The monoisotopic (exact) mass is 489 g/mol. The van der Waals surface area contributed by atoms with Gasteiger partial charge in [-0.3, -0.25) is 14.0 Å². The second-order valence-corrected chi connectivity index (χ2v) is 10.2. The zero-order valence-corrected chi connectivity index (χ0v) is 20.2. The fraction of sp³-hybridized carbons (Fsp3) is 0.0769. The lowest BCUT2D eigenvalue weighted by atomic mass is 10.2. The van der Waals surface area contributed by atoms with Crippen molar-refractivity contribution in [3.63, 3.8) is 0 Å². The Morgan fingerprint density at radius 3 is 2.21 bits per heavy atom. The largest absolute Gasteiger partial charge is 0.280 e. The molecule has 0 radical (unpaired) electrons. The van der Waals surface area contributed by atoms with Gasteiger partial charge in [-0.2, -0.15) is 0 Å². The Kier molecular flexibility index (Phi) is 6.90. The van der Waals surface area contributed by atoms with Gasteiger partial charge in [-0.25, -0.2) is 13.4 Å². The van der Waals surface area contributed by atoms with Crippen LogP contribution >= 0.6 is 11.3 Å². The summed E-state index contributed by atoms with van der Waals surface area (Å²) in [6.45, 7) is 4.03. The highest BCUT2D eigenvalue weighted by Crippen LogP contribution is 2.29. The Hall–Kier alpha value is -3.75. The van der Waals surface area contributed by atoms with Crippen molar-refractivity contribution in [2.24, 2.45) is 0 Å². The van der Waals surface area contributed by atoms with Crippen LogP contribution in [0, 0.1) is 0 Å². The molecule has 1 heterocycles. The second kappa shape index (κ2) is 10.0. The summed E-state index contributed by atoms with van der Waals surface area (Å²) < 4.78 is 27.3. The highest BCUT2D eigenvalue weighted by atomic mass is 32.2. The molecule has 34 heavy (non-hydrogen) atoms. The van der Waals surface area contributed by atoms with Crippen LogP contribution in [-0.4, -0.2) is 32.9 Å². The van der Waals surface area contributed by atoms with Crippen LogP contribution in [0.5, 0.6) is 0 Å². The third kappa shape index (κ3) is 4.78. The molecule has 0 atom stereocenters. The normalized spacial score (nSPS) is 11.1. The van der Waals surface area contributed by atoms with Crippen molar-refractivity contribution in [2.75, 3.05) is 22.8 Å². The lowest BCUT2D eigenvalue weighted by molar-refractivity contribution is 0.0989. The van der Waals surface area contributed by atoms with E-state index in [4.69, 9.17) is 0 Å². The van der Waals surface area contributed by atoms with E-state index in [2.05, 4.69) is 11.6 Å². The lowest BCUT2D eigenvalue weighted by Crippen LogP contribution is -2.31. The summed E-state index contributed by atoms with van der Waals surface area (Å²) in [5, 5.41) is 2.45. The molecule has 1 aromatic heterocycles. The van der Waals surface area contributed by atoms with Crippen molar-refractivity contribution in [2.45, 2.75) is 4.90 Å². The predicted molar refractivity (Wildman–Crippen MR) is 138 cm³/mol. The Labute approximate surface area is 203 Å². The van der Waals surface area contributed by atoms with Crippen LogP contribution in [0.1, 0.15) is 10.4 Å². The second-order valence-electron chi connectivity index (χ2n) is 7.42.